The second kappa shape index (κ2) is 37.4. The van der Waals surface area contributed by atoms with Gasteiger partial charge in [0.05, 0.1) is 26.4 Å². The second-order valence-electron chi connectivity index (χ2n) is 15.6. The van der Waals surface area contributed by atoms with E-state index in [0.29, 0.717) is 13.0 Å². The molecule has 0 saturated heterocycles. The Kier molecular flexibility index (Phi) is 34.9. The molecule has 7 heteroatoms. The van der Waals surface area contributed by atoms with Gasteiger partial charge < -0.3 is 19.1 Å². The molecule has 0 aliphatic rings. The smallest absolute Gasteiger partial charge is 0.305 e. The highest BCUT2D eigenvalue weighted by atomic mass is 16.7. The predicted octanol–water partition coefficient (Wildman–Crippen LogP) is 11.2. The summed E-state index contributed by atoms with van der Waals surface area (Å²) < 4.78 is 20.0. The fourth-order valence-corrected chi connectivity index (χ4v) is 7.12. The quantitative estimate of drug-likeness (QED) is 0.0288. The normalized spacial score (nSPS) is 12.4. The summed E-state index contributed by atoms with van der Waals surface area (Å²) >= 11 is 0. The highest BCUT2D eigenvalue weighted by molar-refractivity contribution is 5.69. The van der Waals surface area contributed by atoms with E-state index in [0.717, 1.165) is 84.0 Å². The van der Waals surface area contributed by atoms with Crippen LogP contribution in [-0.2, 0) is 25.5 Å². The maximum absolute atomic E-state index is 12.4. The number of esters is 1. The fraction of sp³-hybridized carbons (Fsp3) is 0.870. The number of ether oxygens (including phenoxy) is 3. The maximum Gasteiger partial charge on any atom is 0.305 e. The van der Waals surface area contributed by atoms with E-state index < -0.39 is 0 Å². The highest BCUT2D eigenvalue weighted by Gasteiger charge is 2.12. The van der Waals surface area contributed by atoms with Crippen molar-refractivity contribution in [1.29, 1.82) is 0 Å². The van der Waals surface area contributed by atoms with Crippen molar-refractivity contribution in [3.8, 4) is 0 Å². The van der Waals surface area contributed by atoms with Crippen molar-refractivity contribution in [1.82, 2.24) is 9.80 Å². The molecule has 0 spiro atoms. The Bertz CT molecular complexity index is 894. The second-order valence-corrected chi connectivity index (χ2v) is 15.6. The monoisotopic (exact) mass is 747 g/mol. The van der Waals surface area contributed by atoms with Crippen LogP contribution in [0.2, 0.25) is 0 Å². The van der Waals surface area contributed by atoms with Crippen LogP contribution in [0.15, 0.2) is 30.6 Å². The van der Waals surface area contributed by atoms with Crippen LogP contribution in [0.1, 0.15) is 182 Å². The first-order valence-electron chi connectivity index (χ1n) is 22.8. The van der Waals surface area contributed by atoms with Crippen molar-refractivity contribution < 1.29 is 23.6 Å². The first kappa shape index (κ1) is 49.5. The van der Waals surface area contributed by atoms with E-state index in [1.54, 1.807) is 0 Å². The summed E-state index contributed by atoms with van der Waals surface area (Å²) in [6, 6.07) is 6.29. The van der Waals surface area contributed by atoms with Crippen LogP contribution >= 0.6 is 0 Å². The summed E-state index contributed by atoms with van der Waals surface area (Å²) in [7, 11) is 0. The van der Waals surface area contributed by atoms with Crippen molar-refractivity contribution in [2.45, 2.75) is 195 Å². The molecule has 0 bridgehead atoms. The summed E-state index contributed by atoms with van der Waals surface area (Å²) in [5.41, 5.74) is 0. The first-order chi connectivity index (χ1) is 26.0. The van der Waals surface area contributed by atoms with Gasteiger partial charge in [-0.2, -0.15) is 0 Å². The van der Waals surface area contributed by atoms with E-state index in [1.807, 2.05) is 6.92 Å². The third-order valence-corrected chi connectivity index (χ3v) is 10.6. The Morgan fingerprint density at radius 3 is 1.62 bits per heavy atom. The molecule has 0 aromatic carbocycles. The van der Waals surface area contributed by atoms with Gasteiger partial charge in [0.25, 0.3) is 0 Å². The molecule has 0 saturated carbocycles. The first-order valence-corrected chi connectivity index (χ1v) is 22.8. The van der Waals surface area contributed by atoms with Crippen LogP contribution in [-0.4, -0.2) is 81.1 Å². The van der Waals surface area contributed by atoms with Crippen LogP contribution in [0, 0.1) is 5.92 Å². The Balaban J connectivity index is 2.25. The van der Waals surface area contributed by atoms with Crippen LogP contribution in [0.3, 0.4) is 0 Å². The number of unbranched alkanes of at least 4 members (excludes halogenated alkanes) is 12. The van der Waals surface area contributed by atoms with Crippen LogP contribution < -0.4 is 4.57 Å². The maximum atomic E-state index is 12.4. The lowest BCUT2D eigenvalue weighted by Gasteiger charge is -2.23. The zero-order chi connectivity index (χ0) is 38.5. The van der Waals surface area contributed by atoms with E-state index in [1.165, 1.54) is 122 Å². The van der Waals surface area contributed by atoms with E-state index in [-0.39, 0.29) is 12.3 Å². The van der Waals surface area contributed by atoms with Gasteiger partial charge in [-0.3, -0.25) is 9.69 Å². The number of carbonyl (C=O) groups is 1. The largest absolute Gasteiger partial charge is 0.466 e. The Labute approximate surface area is 329 Å². The average molecular weight is 747 g/mol. The molecule has 53 heavy (non-hydrogen) atoms. The number of nitrogens with zero attached hydrogens (tertiary/aromatic N) is 3. The Morgan fingerprint density at radius 2 is 1.02 bits per heavy atom. The molecular weight excluding hydrogens is 659 g/mol. The highest BCUT2D eigenvalue weighted by Crippen LogP contribution is 2.21. The van der Waals surface area contributed by atoms with Crippen molar-refractivity contribution in [3.05, 3.63) is 30.6 Å². The third-order valence-electron chi connectivity index (χ3n) is 10.6. The molecule has 1 heterocycles. The van der Waals surface area contributed by atoms with Crippen molar-refractivity contribution in [2.75, 3.05) is 59.1 Å². The lowest BCUT2D eigenvalue weighted by Crippen LogP contribution is -2.40. The number of rotatable bonds is 40. The minimum atomic E-state index is -0.151. The molecule has 1 aromatic heterocycles. The van der Waals surface area contributed by atoms with Crippen molar-refractivity contribution in [3.63, 3.8) is 0 Å². The number of pyridine rings is 1. The average Bonchev–Trinajstić information content (AvgIpc) is 3.17. The molecule has 1 atom stereocenters. The molecule has 0 fully saturated rings. The Morgan fingerprint density at radius 1 is 0.528 bits per heavy atom. The van der Waals surface area contributed by atoms with E-state index in [9.17, 15) is 4.79 Å². The molecule has 0 aliphatic heterocycles. The van der Waals surface area contributed by atoms with Gasteiger partial charge in [-0.15, -0.1) is 0 Å². The van der Waals surface area contributed by atoms with Gasteiger partial charge in [-0.05, 0) is 77.4 Å². The topological polar surface area (TPSA) is 55.1 Å². The molecule has 1 unspecified atom stereocenters. The third kappa shape index (κ3) is 31.4. The SMILES string of the molecule is CCCCCC(CCCCC)CCOC(=O)CCCCCCCCN(CCCOC(C)OCCCN(CCCC)CCCCC)CC[n+]1ccccc1. The standard InChI is InChI=1S/C46H88N3O4/c1-6-10-19-28-45(29-20-11-7-2)31-43-53-46(50)30-21-16-14-15-17-23-34-49(40-39-48-35-24-18-25-36-48)38-27-42-52-44(5)51-41-26-37-47(32-13-9-4)33-22-12-8-3/h18,24-25,35-36,44-45H,6-17,19-23,26-34,37-43H2,1-5H3/q+1. The van der Waals surface area contributed by atoms with Gasteiger partial charge >= 0.3 is 5.97 Å². The lowest BCUT2D eigenvalue weighted by molar-refractivity contribution is -0.696. The summed E-state index contributed by atoms with van der Waals surface area (Å²) in [5.74, 6) is 0.724. The van der Waals surface area contributed by atoms with Gasteiger partial charge in [0.15, 0.2) is 25.2 Å². The number of carbonyl (C=O) groups excluding carboxylic acids is 1. The number of aromatic nitrogens is 1. The van der Waals surface area contributed by atoms with E-state index in [2.05, 4.69) is 72.7 Å². The fourth-order valence-electron chi connectivity index (χ4n) is 7.12. The predicted molar refractivity (Wildman–Crippen MR) is 224 cm³/mol. The van der Waals surface area contributed by atoms with Crippen LogP contribution in [0.25, 0.3) is 0 Å². The van der Waals surface area contributed by atoms with Gasteiger partial charge in [0.2, 0.25) is 0 Å². The number of hydrogen-bond donors (Lipinski definition) is 0. The molecule has 7 nitrogen and oxygen atoms in total. The zero-order valence-electron chi connectivity index (χ0n) is 35.9. The minimum Gasteiger partial charge on any atom is -0.466 e. The minimum absolute atomic E-state index is 0.00467. The van der Waals surface area contributed by atoms with E-state index in [4.69, 9.17) is 14.2 Å². The zero-order valence-corrected chi connectivity index (χ0v) is 35.9. The molecule has 0 amide bonds. The molecule has 0 N–H and O–H groups in total. The van der Waals surface area contributed by atoms with Crippen molar-refractivity contribution in [2.24, 2.45) is 5.92 Å². The van der Waals surface area contributed by atoms with Gasteiger partial charge in [-0.1, -0.05) is 130 Å². The van der Waals surface area contributed by atoms with Crippen LogP contribution in [0.4, 0.5) is 0 Å². The van der Waals surface area contributed by atoms with Crippen molar-refractivity contribution >= 4 is 5.97 Å². The molecular formula is C46H88N3O4+. The lowest BCUT2D eigenvalue weighted by atomic mass is 9.92. The molecule has 0 radical (unpaired) electrons. The summed E-state index contributed by atoms with van der Waals surface area (Å²) in [5, 5.41) is 0. The number of hydrogen-bond acceptors (Lipinski definition) is 6. The Hall–Kier alpha value is -1.54. The molecule has 0 aliphatic carbocycles. The molecule has 1 rings (SSSR count). The summed E-state index contributed by atoms with van der Waals surface area (Å²) in [6.07, 6.45) is 31.7. The van der Waals surface area contributed by atoms with E-state index >= 15 is 0 Å². The molecule has 1 aromatic rings. The van der Waals surface area contributed by atoms with Crippen LogP contribution in [0.5, 0.6) is 0 Å². The summed E-state index contributed by atoms with van der Waals surface area (Å²) in [4.78, 5) is 17.6. The van der Waals surface area contributed by atoms with Gasteiger partial charge in [-0.25, -0.2) is 4.57 Å². The molecule has 310 valence electrons. The van der Waals surface area contributed by atoms with Gasteiger partial charge in [0, 0.05) is 31.6 Å². The van der Waals surface area contributed by atoms with Gasteiger partial charge in [0.1, 0.15) is 0 Å². The summed E-state index contributed by atoms with van der Waals surface area (Å²) in [6.45, 7) is 21.0.